The first-order valence-electron chi connectivity index (χ1n) is 3.11. The molecule has 0 aliphatic rings. The van der Waals surface area contributed by atoms with Crippen molar-refractivity contribution in [1.82, 2.24) is 20.4 Å². The molecule has 1 heterocycles. The number of hydrogen-bond donors (Lipinski definition) is 3. The number of aromatic nitrogens is 4. The predicted octanol–water partition coefficient (Wildman–Crippen LogP) is -1.27. The number of aliphatic carboxylic acids is 1. The van der Waals surface area contributed by atoms with Crippen molar-refractivity contribution in [3.05, 3.63) is 0 Å². The van der Waals surface area contributed by atoms with Gasteiger partial charge in [0.2, 0.25) is 5.16 Å². The molecule has 0 atom stereocenters. The van der Waals surface area contributed by atoms with Crippen molar-refractivity contribution in [1.29, 1.82) is 0 Å². The van der Waals surface area contributed by atoms with Gasteiger partial charge in [-0.25, -0.2) is 5.84 Å². The highest BCUT2D eigenvalue weighted by atomic mass is 32.2. The Morgan fingerprint density at radius 2 is 2.08 bits per heavy atom. The molecule has 0 aliphatic heterocycles. The first-order chi connectivity index (χ1) is 6.22. The number of hydrazine groups is 1. The molecule has 0 amide bonds. The quantitative estimate of drug-likeness (QED) is 0.311. The van der Waals surface area contributed by atoms with Crippen LogP contribution in [0.2, 0.25) is 0 Å². The summed E-state index contributed by atoms with van der Waals surface area (Å²) in [6.45, 7) is 0. The zero-order valence-electron chi connectivity index (χ0n) is 6.34. The van der Waals surface area contributed by atoms with Crippen LogP contribution >= 0.6 is 11.8 Å². The fourth-order valence-electron chi connectivity index (χ4n) is 0.462. The van der Waals surface area contributed by atoms with Crippen molar-refractivity contribution >= 4 is 23.7 Å². The molecular formula is C4H6N6O2S. The van der Waals surface area contributed by atoms with E-state index in [1.807, 2.05) is 0 Å². The Bertz CT molecular complexity index is 289. The second-order valence-corrected chi connectivity index (χ2v) is 2.78. The molecule has 0 unspecified atom stereocenters. The summed E-state index contributed by atoms with van der Waals surface area (Å²) in [4.78, 5) is 10.1. The molecule has 1 aromatic heterocycles. The number of nitrogen functional groups attached to an aromatic ring is 1. The minimum atomic E-state index is -0.949. The van der Waals surface area contributed by atoms with Gasteiger partial charge < -0.3 is 5.11 Å². The number of thioether (sulfide) groups is 1. The monoisotopic (exact) mass is 202 g/mol. The lowest BCUT2D eigenvalue weighted by Gasteiger charge is -1.96. The van der Waals surface area contributed by atoms with E-state index in [1.54, 1.807) is 0 Å². The normalized spacial score (nSPS) is 9.62. The second kappa shape index (κ2) is 4.52. The highest BCUT2D eigenvalue weighted by molar-refractivity contribution is 7.99. The van der Waals surface area contributed by atoms with Crippen molar-refractivity contribution in [2.24, 2.45) is 5.84 Å². The minimum Gasteiger partial charge on any atom is -0.481 e. The molecule has 8 nitrogen and oxygen atoms in total. The number of carboxylic acid groups (broad SMARTS) is 1. The summed E-state index contributed by atoms with van der Waals surface area (Å²) < 4.78 is 0. The Balaban J connectivity index is 2.54. The number of hydrogen-bond acceptors (Lipinski definition) is 8. The molecule has 0 bridgehead atoms. The summed E-state index contributed by atoms with van der Waals surface area (Å²) in [6.07, 6.45) is 0. The topological polar surface area (TPSA) is 127 Å². The van der Waals surface area contributed by atoms with Crippen molar-refractivity contribution in [3.8, 4) is 0 Å². The number of nitrogens with one attached hydrogen (secondary N) is 1. The van der Waals surface area contributed by atoms with Crippen molar-refractivity contribution in [2.75, 3.05) is 11.2 Å². The molecule has 0 aromatic carbocycles. The van der Waals surface area contributed by atoms with Gasteiger partial charge in [0.05, 0.1) is 5.75 Å². The Morgan fingerprint density at radius 1 is 1.46 bits per heavy atom. The van der Waals surface area contributed by atoms with Crippen LogP contribution in [-0.2, 0) is 4.79 Å². The molecule has 13 heavy (non-hydrogen) atoms. The SMILES string of the molecule is NNc1nnc(SCC(=O)O)nn1. The smallest absolute Gasteiger partial charge is 0.313 e. The summed E-state index contributed by atoms with van der Waals surface area (Å²) >= 11 is 0.932. The van der Waals surface area contributed by atoms with Crippen molar-refractivity contribution in [2.45, 2.75) is 5.16 Å². The third kappa shape index (κ3) is 3.17. The van der Waals surface area contributed by atoms with E-state index in [9.17, 15) is 4.79 Å². The Morgan fingerprint density at radius 3 is 2.54 bits per heavy atom. The van der Waals surface area contributed by atoms with Crippen molar-refractivity contribution < 1.29 is 9.90 Å². The first-order valence-corrected chi connectivity index (χ1v) is 4.09. The van der Waals surface area contributed by atoms with E-state index >= 15 is 0 Å². The maximum absolute atomic E-state index is 10.1. The molecule has 1 rings (SSSR count). The van der Waals surface area contributed by atoms with E-state index < -0.39 is 5.97 Å². The fourth-order valence-corrected chi connectivity index (χ4v) is 0.912. The van der Waals surface area contributed by atoms with Gasteiger partial charge in [-0.3, -0.25) is 10.2 Å². The van der Waals surface area contributed by atoms with Crippen LogP contribution in [0.4, 0.5) is 5.95 Å². The van der Waals surface area contributed by atoms with Crippen LogP contribution in [-0.4, -0.2) is 37.2 Å². The predicted molar refractivity (Wildman–Crippen MR) is 43.8 cm³/mol. The molecule has 0 aliphatic carbocycles. The van der Waals surface area contributed by atoms with Crippen LogP contribution in [0.15, 0.2) is 5.16 Å². The number of anilines is 1. The molecule has 0 fully saturated rings. The van der Waals surface area contributed by atoms with E-state index in [0.29, 0.717) is 0 Å². The summed E-state index contributed by atoms with van der Waals surface area (Å²) in [5.74, 6) is 3.97. The van der Waals surface area contributed by atoms with Gasteiger partial charge in [-0.1, -0.05) is 11.8 Å². The third-order valence-electron chi connectivity index (χ3n) is 0.914. The molecular weight excluding hydrogens is 196 g/mol. The molecule has 0 spiro atoms. The lowest BCUT2D eigenvalue weighted by atomic mass is 10.8. The zero-order chi connectivity index (χ0) is 9.68. The molecule has 4 N–H and O–H groups in total. The van der Waals surface area contributed by atoms with Gasteiger partial charge in [0.25, 0.3) is 5.95 Å². The van der Waals surface area contributed by atoms with Gasteiger partial charge in [-0.05, 0) is 0 Å². The molecule has 0 radical (unpaired) electrons. The zero-order valence-corrected chi connectivity index (χ0v) is 7.15. The van der Waals surface area contributed by atoms with Gasteiger partial charge in [-0.15, -0.1) is 20.4 Å². The van der Waals surface area contributed by atoms with Crippen LogP contribution < -0.4 is 11.3 Å². The minimum absolute atomic E-state index is 0.0830. The number of carbonyl (C=O) groups is 1. The number of carboxylic acids is 1. The standard InChI is InChI=1S/C4H6N6O2S/c5-6-3-7-9-4(10-8-3)13-1-2(11)12/h1,5H2,(H,11,12)(H,6,7,8). The summed E-state index contributed by atoms with van der Waals surface area (Å²) in [5.41, 5.74) is 2.15. The average Bonchev–Trinajstić information content (AvgIpc) is 2.15. The Hall–Kier alpha value is -1.48. The van der Waals surface area contributed by atoms with E-state index in [4.69, 9.17) is 10.9 Å². The lowest BCUT2D eigenvalue weighted by molar-refractivity contribution is -0.133. The Kier molecular flexibility index (Phi) is 3.34. The highest BCUT2D eigenvalue weighted by Gasteiger charge is 2.03. The van der Waals surface area contributed by atoms with Crippen LogP contribution in [0.3, 0.4) is 0 Å². The first kappa shape index (κ1) is 9.61. The summed E-state index contributed by atoms with van der Waals surface area (Å²) in [7, 11) is 0. The second-order valence-electron chi connectivity index (χ2n) is 1.83. The molecule has 1 aromatic rings. The van der Waals surface area contributed by atoms with E-state index in [2.05, 4.69) is 25.8 Å². The summed E-state index contributed by atoms with van der Waals surface area (Å²) in [5, 5.41) is 22.6. The largest absolute Gasteiger partial charge is 0.481 e. The van der Waals surface area contributed by atoms with Crippen LogP contribution in [0.25, 0.3) is 0 Å². The fraction of sp³-hybridized carbons (Fsp3) is 0.250. The van der Waals surface area contributed by atoms with Gasteiger partial charge in [0.1, 0.15) is 0 Å². The van der Waals surface area contributed by atoms with Crippen LogP contribution in [0.5, 0.6) is 0 Å². The van der Waals surface area contributed by atoms with Crippen LogP contribution in [0, 0.1) is 0 Å². The number of nitrogens with two attached hydrogens (primary N) is 1. The van der Waals surface area contributed by atoms with E-state index in [0.717, 1.165) is 11.8 Å². The summed E-state index contributed by atoms with van der Waals surface area (Å²) in [6, 6.07) is 0. The van der Waals surface area contributed by atoms with Gasteiger partial charge >= 0.3 is 5.97 Å². The van der Waals surface area contributed by atoms with Gasteiger partial charge in [0.15, 0.2) is 0 Å². The molecule has 9 heteroatoms. The highest BCUT2D eigenvalue weighted by Crippen LogP contribution is 2.09. The molecule has 70 valence electrons. The van der Waals surface area contributed by atoms with E-state index in [1.165, 1.54) is 0 Å². The lowest BCUT2D eigenvalue weighted by Crippen LogP contribution is -2.12. The number of nitrogens with zero attached hydrogens (tertiary/aromatic N) is 4. The van der Waals surface area contributed by atoms with E-state index in [-0.39, 0.29) is 16.9 Å². The maximum Gasteiger partial charge on any atom is 0.313 e. The third-order valence-corrected chi connectivity index (χ3v) is 1.73. The van der Waals surface area contributed by atoms with Gasteiger partial charge in [-0.2, -0.15) is 0 Å². The van der Waals surface area contributed by atoms with Crippen molar-refractivity contribution in [3.63, 3.8) is 0 Å². The molecule has 0 saturated carbocycles. The van der Waals surface area contributed by atoms with Crippen LogP contribution in [0.1, 0.15) is 0 Å². The maximum atomic E-state index is 10.1. The average molecular weight is 202 g/mol. The Labute approximate surface area is 76.9 Å². The van der Waals surface area contributed by atoms with Gasteiger partial charge in [0, 0.05) is 0 Å². The number of rotatable bonds is 4. The molecule has 0 saturated heterocycles.